The smallest absolute Gasteiger partial charge is 0.420 e. The third-order valence-corrected chi connectivity index (χ3v) is 2.50. The number of cyclic esters (lactones) is 2. The molecule has 0 atom stereocenters. The van der Waals surface area contributed by atoms with Crippen LogP contribution < -0.4 is 11.5 Å². The predicted molar refractivity (Wildman–Crippen MR) is 65.4 cm³/mol. The number of ether oxygens (including phenoxy) is 2. The second kappa shape index (κ2) is 5.55. The zero-order chi connectivity index (χ0) is 14.6. The van der Waals surface area contributed by atoms with Gasteiger partial charge in [0.15, 0.2) is 11.4 Å². The summed E-state index contributed by atoms with van der Waals surface area (Å²) in [6.45, 7) is 3.36. The van der Waals surface area contributed by atoms with Gasteiger partial charge >= 0.3 is 6.16 Å². The van der Waals surface area contributed by atoms with E-state index in [1.165, 1.54) is 0 Å². The number of allylic oxidation sites excluding steroid dienone is 1. The number of primary amides is 2. The fourth-order valence-electron chi connectivity index (χ4n) is 1.58. The zero-order valence-electron chi connectivity index (χ0n) is 10.8. The van der Waals surface area contributed by atoms with E-state index in [1.54, 1.807) is 19.9 Å². The van der Waals surface area contributed by atoms with E-state index in [2.05, 4.69) is 0 Å². The van der Waals surface area contributed by atoms with Crippen LogP contribution >= 0.6 is 0 Å². The molecular formula is C12H16N2O5. The van der Waals surface area contributed by atoms with E-state index in [-0.39, 0.29) is 12.0 Å². The Labute approximate surface area is 110 Å². The van der Waals surface area contributed by atoms with Crippen molar-refractivity contribution in [2.24, 2.45) is 11.5 Å². The van der Waals surface area contributed by atoms with Crippen LogP contribution in [0, 0.1) is 0 Å². The van der Waals surface area contributed by atoms with Crippen LogP contribution in [0.25, 0.3) is 0 Å². The van der Waals surface area contributed by atoms with E-state index in [4.69, 9.17) is 20.9 Å². The van der Waals surface area contributed by atoms with Crippen molar-refractivity contribution in [3.05, 3.63) is 23.5 Å². The van der Waals surface area contributed by atoms with Crippen molar-refractivity contribution in [1.29, 1.82) is 0 Å². The number of hydrogen-bond acceptors (Lipinski definition) is 5. The monoisotopic (exact) mass is 268 g/mol. The topological polar surface area (TPSA) is 122 Å². The number of nitrogens with two attached hydrogens (primary N) is 2. The third kappa shape index (κ3) is 4.13. The lowest BCUT2D eigenvalue weighted by Gasteiger charge is -2.13. The van der Waals surface area contributed by atoms with Crippen LogP contribution in [0.15, 0.2) is 23.5 Å². The van der Waals surface area contributed by atoms with E-state index in [0.717, 1.165) is 6.08 Å². The van der Waals surface area contributed by atoms with Gasteiger partial charge in [-0.2, -0.15) is 0 Å². The number of carbonyl (C=O) groups is 3. The lowest BCUT2D eigenvalue weighted by atomic mass is 10.0. The fraction of sp³-hybridized carbons (Fsp3) is 0.417. The normalized spacial score (nSPS) is 20.0. The molecule has 1 aliphatic heterocycles. The molecule has 1 aliphatic rings. The standard InChI is InChI=1S/C12H16N2O5/c1-12(2)8(18-11(17)19-12)5-3-4-7(10(14)16)6-9(13)15/h5-6H,3-4H2,1-2H3,(H2,13,15)(H2,14,16)/b7-6+,8-5?. The van der Waals surface area contributed by atoms with Crippen LogP contribution in [0.1, 0.15) is 26.7 Å². The van der Waals surface area contributed by atoms with Gasteiger partial charge in [0, 0.05) is 11.6 Å². The van der Waals surface area contributed by atoms with E-state index in [9.17, 15) is 14.4 Å². The molecule has 2 amide bonds. The van der Waals surface area contributed by atoms with Gasteiger partial charge in [0.1, 0.15) is 0 Å². The van der Waals surface area contributed by atoms with Gasteiger partial charge < -0.3 is 20.9 Å². The zero-order valence-corrected chi connectivity index (χ0v) is 10.8. The molecule has 0 radical (unpaired) electrons. The summed E-state index contributed by atoms with van der Waals surface area (Å²) in [5.41, 5.74) is 9.35. The molecule has 7 nitrogen and oxygen atoms in total. The average molecular weight is 268 g/mol. The highest BCUT2D eigenvalue weighted by Gasteiger charge is 2.38. The Morgan fingerprint density at radius 1 is 1.32 bits per heavy atom. The van der Waals surface area contributed by atoms with Crippen LogP contribution in [0.3, 0.4) is 0 Å². The maximum Gasteiger partial charge on any atom is 0.514 e. The van der Waals surface area contributed by atoms with Crippen molar-refractivity contribution in [2.75, 3.05) is 0 Å². The highest BCUT2D eigenvalue weighted by Crippen LogP contribution is 2.30. The van der Waals surface area contributed by atoms with Crippen LogP contribution in [-0.2, 0) is 19.1 Å². The van der Waals surface area contributed by atoms with Crippen molar-refractivity contribution in [3.63, 3.8) is 0 Å². The Kier molecular flexibility index (Phi) is 4.31. The first kappa shape index (κ1) is 14.7. The molecule has 0 aliphatic carbocycles. The second-order valence-corrected chi connectivity index (χ2v) is 4.51. The Bertz CT molecular complexity index is 477. The Morgan fingerprint density at radius 2 is 1.95 bits per heavy atom. The number of rotatable bonds is 5. The molecule has 104 valence electrons. The van der Waals surface area contributed by atoms with Crippen molar-refractivity contribution in [2.45, 2.75) is 32.3 Å². The molecule has 1 rings (SSSR count). The summed E-state index contributed by atoms with van der Waals surface area (Å²) in [4.78, 5) is 32.8. The summed E-state index contributed by atoms with van der Waals surface area (Å²) in [5, 5.41) is 0. The van der Waals surface area contributed by atoms with E-state index >= 15 is 0 Å². The van der Waals surface area contributed by atoms with Crippen LogP contribution in [0.5, 0.6) is 0 Å². The van der Waals surface area contributed by atoms with Gasteiger partial charge in [-0.15, -0.1) is 0 Å². The summed E-state index contributed by atoms with van der Waals surface area (Å²) < 4.78 is 9.79. The third-order valence-electron chi connectivity index (χ3n) is 2.50. The van der Waals surface area contributed by atoms with Crippen molar-refractivity contribution in [3.8, 4) is 0 Å². The quantitative estimate of drug-likeness (QED) is 0.555. The van der Waals surface area contributed by atoms with Crippen molar-refractivity contribution < 1.29 is 23.9 Å². The SMILES string of the molecule is CC1(C)OC(=O)OC1=CCC/C(=C\C(N)=O)C(N)=O. The molecule has 0 unspecified atom stereocenters. The van der Waals surface area contributed by atoms with Gasteiger partial charge in [-0.25, -0.2) is 4.79 Å². The summed E-state index contributed by atoms with van der Waals surface area (Å²) in [7, 11) is 0. The molecule has 0 bridgehead atoms. The first-order valence-corrected chi connectivity index (χ1v) is 5.63. The Hall–Kier alpha value is -2.31. The molecule has 0 spiro atoms. The largest absolute Gasteiger partial charge is 0.514 e. The number of carbonyl (C=O) groups excluding carboxylic acids is 3. The Morgan fingerprint density at radius 3 is 2.37 bits per heavy atom. The second-order valence-electron chi connectivity index (χ2n) is 4.51. The first-order chi connectivity index (χ1) is 8.72. The fourth-order valence-corrected chi connectivity index (χ4v) is 1.58. The van der Waals surface area contributed by atoms with E-state index in [0.29, 0.717) is 12.2 Å². The van der Waals surface area contributed by atoms with E-state index < -0.39 is 23.6 Å². The van der Waals surface area contributed by atoms with Gasteiger partial charge in [-0.3, -0.25) is 9.59 Å². The minimum atomic E-state index is -0.836. The average Bonchev–Trinajstić information content (AvgIpc) is 2.49. The molecule has 0 saturated carbocycles. The van der Waals surface area contributed by atoms with E-state index in [1.807, 2.05) is 0 Å². The minimum Gasteiger partial charge on any atom is -0.420 e. The van der Waals surface area contributed by atoms with Gasteiger partial charge in [-0.1, -0.05) is 0 Å². The Balaban J connectivity index is 2.69. The molecule has 1 fully saturated rings. The lowest BCUT2D eigenvalue weighted by Crippen LogP contribution is -2.20. The molecule has 7 heteroatoms. The predicted octanol–water partition coefficient (Wildman–Crippen LogP) is 0.493. The highest BCUT2D eigenvalue weighted by molar-refractivity contribution is 5.99. The van der Waals surface area contributed by atoms with Crippen molar-refractivity contribution >= 4 is 18.0 Å². The van der Waals surface area contributed by atoms with Crippen LogP contribution in [0.4, 0.5) is 4.79 Å². The minimum absolute atomic E-state index is 0.118. The maximum absolute atomic E-state index is 11.1. The van der Waals surface area contributed by atoms with Gasteiger partial charge in [0.05, 0.1) is 0 Å². The van der Waals surface area contributed by atoms with Gasteiger partial charge in [-0.05, 0) is 32.8 Å². The number of amides is 2. The molecule has 0 aromatic rings. The molecular weight excluding hydrogens is 252 g/mol. The maximum atomic E-state index is 11.1. The molecule has 0 aromatic heterocycles. The van der Waals surface area contributed by atoms with Gasteiger partial charge in [0.2, 0.25) is 11.8 Å². The molecule has 4 N–H and O–H groups in total. The molecule has 1 heterocycles. The summed E-state index contributed by atoms with van der Waals surface area (Å²) >= 11 is 0. The molecule has 0 aromatic carbocycles. The van der Waals surface area contributed by atoms with Crippen LogP contribution in [0.2, 0.25) is 0 Å². The van der Waals surface area contributed by atoms with Crippen LogP contribution in [-0.4, -0.2) is 23.6 Å². The summed E-state index contributed by atoms with van der Waals surface area (Å²) in [6.07, 6.45) is 2.41. The molecule has 1 saturated heterocycles. The first-order valence-electron chi connectivity index (χ1n) is 5.63. The highest BCUT2D eigenvalue weighted by atomic mass is 16.8. The van der Waals surface area contributed by atoms with Crippen molar-refractivity contribution in [1.82, 2.24) is 0 Å². The number of hydrogen-bond donors (Lipinski definition) is 2. The molecule has 19 heavy (non-hydrogen) atoms. The summed E-state index contributed by atoms with van der Waals surface area (Å²) in [5.74, 6) is -1.09. The summed E-state index contributed by atoms with van der Waals surface area (Å²) in [6, 6.07) is 0. The van der Waals surface area contributed by atoms with Gasteiger partial charge in [0.25, 0.3) is 0 Å². The lowest BCUT2D eigenvalue weighted by molar-refractivity contribution is -0.116.